The SMILES string of the molecule is CCO.COC1OC(CO)C(n2cnc3c(N)ncnc32)C1O. The van der Waals surface area contributed by atoms with Crippen molar-refractivity contribution in [2.75, 3.05) is 26.1 Å². The number of methoxy groups -OCH3 is 1. The van der Waals surface area contributed by atoms with Gasteiger partial charge in [-0.2, -0.15) is 0 Å². The number of nitrogens with zero attached hydrogens (tertiary/aromatic N) is 4. The summed E-state index contributed by atoms with van der Waals surface area (Å²) < 4.78 is 12.1. The summed E-state index contributed by atoms with van der Waals surface area (Å²) in [5.41, 5.74) is 6.64. The van der Waals surface area contributed by atoms with Crippen LogP contribution >= 0.6 is 0 Å². The molecule has 0 spiro atoms. The first kappa shape index (κ1) is 17.5. The molecule has 0 aromatic carbocycles. The lowest BCUT2D eigenvalue weighted by Gasteiger charge is -2.20. The minimum atomic E-state index is -0.953. The average molecular weight is 327 g/mol. The Morgan fingerprint density at radius 2 is 2.04 bits per heavy atom. The Hall–Kier alpha value is -1.85. The molecule has 4 unspecified atom stereocenters. The van der Waals surface area contributed by atoms with Crippen molar-refractivity contribution in [3.05, 3.63) is 12.7 Å². The molecule has 0 bridgehead atoms. The highest BCUT2D eigenvalue weighted by Gasteiger charge is 2.45. The Kier molecular flexibility index (Phi) is 5.80. The molecule has 4 atom stereocenters. The third-order valence-corrected chi connectivity index (χ3v) is 3.44. The van der Waals surface area contributed by atoms with E-state index in [1.807, 2.05) is 0 Å². The molecule has 0 amide bonds. The van der Waals surface area contributed by atoms with Gasteiger partial charge in [-0.3, -0.25) is 0 Å². The molecule has 1 aliphatic rings. The number of hydrogen-bond donors (Lipinski definition) is 4. The molecule has 2 aromatic heterocycles. The molecule has 10 nitrogen and oxygen atoms in total. The molecule has 5 N–H and O–H groups in total. The van der Waals surface area contributed by atoms with Gasteiger partial charge >= 0.3 is 0 Å². The van der Waals surface area contributed by atoms with E-state index in [0.717, 1.165) is 0 Å². The van der Waals surface area contributed by atoms with Gasteiger partial charge in [0.25, 0.3) is 0 Å². The molecule has 1 saturated heterocycles. The normalized spacial score (nSPS) is 27.0. The van der Waals surface area contributed by atoms with E-state index in [1.165, 1.54) is 19.8 Å². The number of anilines is 1. The smallest absolute Gasteiger partial charge is 0.185 e. The molecule has 0 saturated carbocycles. The second-order valence-electron chi connectivity index (χ2n) is 4.84. The van der Waals surface area contributed by atoms with Gasteiger partial charge in [0.1, 0.15) is 24.1 Å². The first-order chi connectivity index (χ1) is 11.1. The number of aliphatic hydroxyl groups is 3. The summed E-state index contributed by atoms with van der Waals surface area (Å²) in [6.45, 7) is 1.67. The molecule has 1 fully saturated rings. The zero-order chi connectivity index (χ0) is 17.0. The highest BCUT2D eigenvalue weighted by molar-refractivity contribution is 5.81. The predicted molar refractivity (Wildman–Crippen MR) is 80.3 cm³/mol. The number of fused-ring (bicyclic) bond motifs is 1. The molecule has 23 heavy (non-hydrogen) atoms. The van der Waals surface area contributed by atoms with Gasteiger partial charge in [-0.15, -0.1) is 0 Å². The third-order valence-electron chi connectivity index (χ3n) is 3.44. The third kappa shape index (κ3) is 3.26. The lowest BCUT2D eigenvalue weighted by molar-refractivity contribution is -0.153. The van der Waals surface area contributed by atoms with Gasteiger partial charge in [0.15, 0.2) is 17.8 Å². The van der Waals surface area contributed by atoms with E-state index in [0.29, 0.717) is 11.2 Å². The molecule has 2 aromatic rings. The van der Waals surface area contributed by atoms with Crippen LogP contribution in [-0.4, -0.2) is 73.7 Å². The summed E-state index contributed by atoms with van der Waals surface area (Å²) in [6, 6.07) is -0.566. The molecular formula is C13H21N5O5. The standard InChI is InChI=1S/C11H15N5O4.C2H6O/c1-19-11-8(18)7(5(2-17)20-11)16-4-15-6-9(12)13-3-14-10(6)16;1-2-3/h3-5,7-8,11,17-18H,2H2,1H3,(H2,12,13,14);3H,2H2,1H3. The number of ether oxygens (including phenoxy) is 2. The summed E-state index contributed by atoms with van der Waals surface area (Å²) >= 11 is 0. The fourth-order valence-electron chi connectivity index (χ4n) is 2.49. The second kappa shape index (κ2) is 7.62. The number of nitrogen functional groups attached to an aromatic ring is 1. The van der Waals surface area contributed by atoms with Gasteiger partial charge in [-0.25, -0.2) is 15.0 Å². The summed E-state index contributed by atoms with van der Waals surface area (Å²) in [5, 5.41) is 27.2. The van der Waals surface area contributed by atoms with E-state index in [-0.39, 0.29) is 19.0 Å². The minimum absolute atomic E-state index is 0.250. The molecule has 3 heterocycles. The van der Waals surface area contributed by atoms with Crippen LogP contribution in [0.5, 0.6) is 0 Å². The molecule has 3 rings (SSSR count). The fraction of sp³-hybridized carbons (Fsp3) is 0.615. The highest BCUT2D eigenvalue weighted by Crippen LogP contribution is 2.33. The molecule has 10 heteroatoms. The second-order valence-corrected chi connectivity index (χ2v) is 4.84. The highest BCUT2D eigenvalue weighted by atomic mass is 16.7. The Morgan fingerprint density at radius 1 is 1.35 bits per heavy atom. The van der Waals surface area contributed by atoms with Gasteiger partial charge < -0.3 is 35.1 Å². The van der Waals surface area contributed by atoms with Crippen LogP contribution in [0, 0.1) is 0 Å². The van der Waals surface area contributed by atoms with Crippen molar-refractivity contribution in [3.63, 3.8) is 0 Å². The Morgan fingerprint density at radius 3 is 2.65 bits per heavy atom. The Bertz CT molecular complexity index is 634. The fourth-order valence-corrected chi connectivity index (χ4v) is 2.49. The molecule has 128 valence electrons. The van der Waals surface area contributed by atoms with Crippen molar-refractivity contribution in [3.8, 4) is 0 Å². The monoisotopic (exact) mass is 327 g/mol. The number of aromatic nitrogens is 4. The van der Waals surface area contributed by atoms with Crippen LogP contribution < -0.4 is 5.73 Å². The quantitative estimate of drug-likeness (QED) is 0.538. The maximum absolute atomic E-state index is 10.3. The van der Waals surface area contributed by atoms with Gasteiger partial charge in [-0.05, 0) is 6.92 Å². The van der Waals surface area contributed by atoms with E-state index < -0.39 is 24.5 Å². The molecule has 0 radical (unpaired) electrons. The average Bonchev–Trinajstić information content (AvgIpc) is 3.09. The first-order valence-corrected chi connectivity index (χ1v) is 7.10. The van der Waals surface area contributed by atoms with E-state index in [9.17, 15) is 10.2 Å². The predicted octanol–water partition coefficient (Wildman–Crippen LogP) is -1.33. The van der Waals surface area contributed by atoms with Crippen LogP contribution in [-0.2, 0) is 9.47 Å². The van der Waals surface area contributed by atoms with E-state index in [1.54, 1.807) is 11.5 Å². The maximum Gasteiger partial charge on any atom is 0.185 e. The van der Waals surface area contributed by atoms with E-state index in [4.69, 9.17) is 20.3 Å². The largest absolute Gasteiger partial charge is 0.397 e. The van der Waals surface area contributed by atoms with Gasteiger partial charge in [0.2, 0.25) is 0 Å². The van der Waals surface area contributed by atoms with Crippen molar-refractivity contribution in [2.24, 2.45) is 0 Å². The summed E-state index contributed by atoms with van der Waals surface area (Å²) in [7, 11) is 1.43. The van der Waals surface area contributed by atoms with Crippen LogP contribution in [0.1, 0.15) is 13.0 Å². The number of rotatable bonds is 3. The zero-order valence-corrected chi connectivity index (χ0v) is 12.9. The van der Waals surface area contributed by atoms with Crippen LogP contribution in [0.3, 0.4) is 0 Å². The van der Waals surface area contributed by atoms with E-state index >= 15 is 0 Å². The summed E-state index contributed by atoms with van der Waals surface area (Å²) in [6.07, 6.45) is 0.427. The van der Waals surface area contributed by atoms with Crippen LogP contribution in [0.25, 0.3) is 11.2 Å². The van der Waals surface area contributed by atoms with Crippen LogP contribution in [0.2, 0.25) is 0 Å². The topological polar surface area (TPSA) is 149 Å². The van der Waals surface area contributed by atoms with Gasteiger partial charge in [0.05, 0.1) is 19.0 Å². The Balaban J connectivity index is 0.000000595. The van der Waals surface area contributed by atoms with Crippen LogP contribution in [0.4, 0.5) is 5.82 Å². The zero-order valence-electron chi connectivity index (χ0n) is 12.9. The van der Waals surface area contributed by atoms with Crippen LogP contribution in [0.15, 0.2) is 12.7 Å². The molecule has 0 aliphatic carbocycles. The molecular weight excluding hydrogens is 306 g/mol. The van der Waals surface area contributed by atoms with Crippen molar-refractivity contribution in [2.45, 2.75) is 31.5 Å². The lowest BCUT2D eigenvalue weighted by atomic mass is 10.1. The van der Waals surface area contributed by atoms with Crippen molar-refractivity contribution in [1.29, 1.82) is 0 Å². The first-order valence-electron chi connectivity index (χ1n) is 7.10. The molecule has 1 aliphatic heterocycles. The van der Waals surface area contributed by atoms with Gasteiger partial charge in [0, 0.05) is 13.7 Å². The lowest BCUT2D eigenvalue weighted by Crippen LogP contribution is -2.32. The summed E-state index contributed by atoms with van der Waals surface area (Å²) in [5.74, 6) is 0.256. The number of imidazole rings is 1. The van der Waals surface area contributed by atoms with E-state index in [2.05, 4.69) is 15.0 Å². The van der Waals surface area contributed by atoms with Crippen molar-refractivity contribution in [1.82, 2.24) is 19.5 Å². The Labute approximate surface area is 132 Å². The number of nitrogens with two attached hydrogens (primary N) is 1. The minimum Gasteiger partial charge on any atom is -0.397 e. The summed E-state index contributed by atoms with van der Waals surface area (Å²) in [4.78, 5) is 12.1. The van der Waals surface area contributed by atoms with Gasteiger partial charge in [-0.1, -0.05) is 0 Å². The van der Waals surface area contributed by atoms with Crippen molar-refractivity contribution >= 4 is 17.0 Å². The maximum atomic E-state index is 10.3. The number of hydrogen-bond acceptors (Lipinski definition) is 9. The van der Waals surface area contributed by atoms with Crippen molar-refractivity contribution < 1.29 is 24.8 Å². The number of aliphatic hydroxyl groups excluding tert-OH is 3.